The Hall–Kier alpha value is -2.66. The van der Waals surface area contributed by atoms with E-state index in [1.807, 2.05) is 24.3 Å². The number of hydrogen-bond acceptors (Lipinski definition) is 4. The second kappa shape index (κ2) is 8.63. The predicted octanol–water partition coefficient (Wildman–Crippen LogP) is 3.18. The number of benzene rings is 2. The Morgan fingerprint density at radius 1 is 1.15 bits per heavy atom. The van der Waals surface area contributed by atoms with E-state index in [1.54, 1.807) is 0 Å². The van der Waals surface area contributed by atoms with E-state index in [-0.39, 0.29) is 6.61 Å². The lowest BCUT2D eigenvalue weighted by Crippen LogP contribution is -2.36. The highest BCUT2D eigenvalue weighted by Gasteiger charge is 2.21. The normalized spacial score (nSPS) is 12.8. The molecule has 2 aromatic rings. The third-order valence-electron chi connectivity index (χ3n) is 4.74. The summed E-state index contributed by atoms with van der Waals surface area (Å²) in [5.74, 6) is 0. The van der Waals surface area contributed by atoms with E-state index in [0.29, 0.717) is 13.0 Å². The molecular formula is C21H24N2O3. The molecule has 5 nitrogen and oxygen atoms in total. The quantitative estimate of drug-likeness (QED) is 0.482. The minimum atomic E-state index is -0.567. The van der Waals surface area contributed by atoms with Gasteiger partial charge in [0.05, 0.1) is 6.04 Å². The average molecular weight is 352 g/mol. The Balaban J connectivity index is 1.59. The van der Waals surface area contributed by atoms with Crippen molar-refractivity contribution in [1.82, 2.24) is 5.32 Å². The number of unbranched alkanes of at least 4 members (excludes halogenated alkanes) is 1. The Kier molecular flexibility index (Phi) is 6.02. The maximum Gasteiger partial charge on any atom is 0.408 e. The van der Waals surface area contributed by atoms with Crippen LogP contribution in [0.1, 0.15) is 36.0 Å². The van der Waals surface area contributed by atoms with Crippen LogP contribution in [0.5, 0.6) is 0 Å². The van der Waals surface area contributed by atoms with Gasteiger partial charge in [-0.25, -0.2) is 4.79 Å². The Morgan fingerprint density at radius 2 is 1.96 bits per heavy atom. The number of rotatable bonds is 8. The lowest BCUT2D eigenvalue weighted by Gasteiger charge is -2.14. The summed E-state index contributed by atoms with van der Waals surface area (Å²) >= 11 is 0. The predicted molar refractivity (Wildman–Crippen MR) is 101 cm³/mol. The number of carbonyl (C=O) groups excluding carboxylic acids is 2. The highest BCUT2D eigenvalue weighted by Crippen LogP contribution is 2.38. The lowest BCUT2D eigenvalue weighted by molar-refractivity contribution is -0.109. The second-order valence-corrected chi connectivity index (χ2v) is 6.52. The van der Waals surface area contributed by atoms with E-state index < -0.39 is 12.1 Å². The zero-order valence-corrected chi connectivity index (χ0v) is 14.7. The number of alkyl carbamates (subject to hydrolysis) is 1. The number of fused-ring (bicyclic) bond motifs is 3. The first kappa shape index (κ1) is 18.1. The minimum Gasteiger partial charge on any atom is -0.445 e. The van der Waals surface area contributed by atoms with Gasteiger partial charge in [0.15, 0.2) is 0 Å². The van der Waals surface area contributed by atoms with Crippen LogP contribution >= 0.6 is 0 Å². The molecule has 0 saturated heterocycles. The molecule has 0 spiro atoms. The van der Waals surface area contributed by atoms with Crippen LogP contribution in [0.3, 0.4) is 0 Å². The molecular weight excluding hydrogens is 328 g/mol. The first-order valence-corrected chi connectivity index (χ1v) is 9.00. The van der Waals surface area contributed by atoms with Crippen molar-refractivity contribution in [3.8, 4) is 11.1 Å². The molecule has 0 radical (unpaired) electrons. The summed E-state index contributed by atoms with van der Waals surface area (Å²) in [7, 11) is 0. The molecule has 0 saturated carbocycles. The van der Waals surface area contributed by atoms with Crippen molar-refractivity contribution >= 4 is 12.4 Å². The number of hydrogen-bond donors (Lipinski definition) is 2. The third kappa shape index (κ3) is 4.11. The van der Waals surface area contributed by atoms with Crippen molar-refractivity contribution in [3.05, 3.63) is 59.2 Å². The third-order valence-corrected chi connectivity index (χ3v) is 4.74. The second-order valence-electron chi connectivity index (χ2n) is 6.52. The number of aldehydes is 1. The molecule has 0 bridgehead atoms. The van der Waals surface area contributed by atoms with E-state index in [4.69, 9.17) is 10.5 Å². The van der Waals surface area contributed by atoms with Crippen LogP contribution in [0.4, 0.5) is 4.79 Å². The summed E-state index contributed by atoms with van der Waals surface area (Å²) < 4.78 is 5.36. The van der Waals surface area contributed by atoms with Gasteiger partial charge in [-0.15, -0.1) is 0 Å². The largest absolute Gasteiger partial charge is 0.445 e. The summed E-state index contributed by atoms with van der Waals surface area (Å²) in [6, 6.07) is 13.9. The highest BCUT2D eigenvalue weighted by molar-refractivity contribution is 5.78. The van der Waals surface area contributed by atoms with Crippen LogP contribution in [-0.2, 0) is 22.6 Å². The molecule has 1 amide bonds. The first-order chi connectivity index (χ1) is 12.7. The Bertz CT molecular complexity index is 789. The molecule has 3 rings (SSSR count). The van der Waals surface area contributed by atoms with Gasteiger partial charge in [-0.2, -0.15) is 0 Å². The fourth-order valence-electron chi connectivity index (χ4n) is 3.38. The van der Waals surface area contributed by atoms with Gasteiger partial charge in [-0.3, -0.25) is 0 Å². The molecule has 2 aromatic carbocycles. The first-order valence-electron chi connectivity index (χ1n) is 9.00. The zero-order valence-electron chi connectivity index (χ0n) is 14.7. The van der Waals surface area contributed by atoms with E-state index >= 15 is 0 Å². The van der Waals surface area contributed by atoms with Crippen molar-refractivity contribution < 1.29 is 14.3 Å². The van der Waals surface area contributed by atoms with Gasteiger partial charge in [0, 0.05) is 0 Å². The van der Waals surface area contributed by atoms with Crippen molar-refractivity contribution in [3.63, 3.8) is 0 Å². The lowest BCUT2D eigenvalue weighted by atomic mass is 10.0. The fourth-order valence-corrected chi connectivity index (χ4v) is 3.38. The highest BCUT2D eigenvalue weighted by atomic mass is 16.5. The molecule has 1 aliphatic carbocycles. The van der Waals surface area contributed by atoms with Gasteiger partial charge in [-0.1, -0.05) is 42.5 Å². The van der Waals surface area contributed by atoms with Crippen LogP contribution in [-0.4, -0.2) is 25.0 Å². The molecule has 0 fully saturated rings. The molecule has 136 valence electrons. The summed E-state index contributed by atoms with van der Waals surface area (Å²) in [6.45, 7) is 0.773. The fraction of sp³-hybridized carbons (Fsp3) is 0.333. The number of carbonyl (C=O) groups is 2. The van der Waals surface area contributed by atoms with Gasteiger partial charge in [0.2, 0.25) is 0 Å². The van der Waals surface area contributed by atoms with Gasteiger partial charge >= 0.3 is 6.09 Å². The number of amides is 1. The Labute approximate surface area is 153 Å². The number of nitrogens with two attached hydrogens (primary N) is 1. The molecule has 0 heterocycles. The Morgan fingerprint density at radius 3 is 2.77 bits per heavy atom. The van der Waals surface area contributed by atoms with E-state index in [0.717, 1.165) is 31.1 Å². The summed E-state index contributed by atoms with van der Waals surface area (Å²) in [5, 5.41) is 2.61. The SMILES string of the molecule is NCCCC[C@H](C=O)NC(=O)OCc1cccc2c1Cc1ccccc1-2. The van der Waals surface area contributed by atoms with Gasteiger partial charge in [0.25, 0.3) is 0 Å². The van der Waals surface area contributed by atoms with Crippen molar-refractivity contribution in [1.29, 1.82) is 0 Å². The molecule has 0 aliphatic heterocycles. The van der Waals surface area contributed by atoms with Gasteiger partial charge in [0.1, 0.15) is 12.9 Å². The average Bonchev–Trinajstić information content (AvgIpc) is 3.05. The van der Waals surface area contributed by atoms with Crippen LogP contribution in [0.2, 0.25) is 0 Å². The van der Waals surface area contributed by atoms with Gasteiger partial charge < -0.3 is 20.6 Å². The zero-order chi connectivity index (χ0) is 18.4. The summed E-state index contributed by atoms with van der Waals surface area (Å²) in [4.78, 5) is 23.1. The molecule has 0 aromatic heterocycles. The van der Waals surface area contributed by atoms with Gasteiger partial charge in [-0.05, 0) is 60.0 Å². The number of nitrogens with one attached hydrogen (secondary N) is 1. The maximum absolute atomic E-state index is 12.0. The van der Waals surface area contributed by atoms with Crippen molar-refractivity contribution in [2.75, 3.05) is 6.54 Å². The minimum absolute atomic E-state index is 0.192. The molecule has 1 atom stereocenters. The van der Waals surface area contributed by atoms with Crippen LogP contribution in [0.25, 0.3) is 11.1 Å². The summed E-state index contributed by atoms with van der Waals surface area (Å²) in [5.41, 5.74) is 11.4. The summed E-state index contributed by atoms with van der Waals surface area (Å²) in [6.07, 6.45) is 3.23. The van der Waals surface area contributed by atoms with E-state index in [1.165, 1.54) is 22.3 Å². The monoisotopic (exact) mass is 352 g/mol. The molecule has 1 aliphatic rings. The van der Waals surface area contributed by atoms with Crippen LogP contribution in [0.15, 0.2) is 42.5 Å². The van der Waals surface area contributed by atoms with Crippen molar-refractivity contribution in [2.45, 2.75) is 38.3 Å². The number of ether oxygens (including phenoxy) is 1. The molecule has 0 unspecified atom stereocenters. The smallest absolute Gasteiger partial charge is 0.408 e. The molecule has 5 heteroatoms. The molecule has 3 N–H and O–H groups in total. The van der Waals surface area contributed by atoms with E-state index in [2.05, 4.69) is 23.5 Å². The van der Waals surface area contributed by atoms with Crippen LogP contribution < -0.4 is 11.1 Å². The van der Waals surface area contributed by atoms with Crippen LogP contribution in [0, 0.1) is 0 Å². The standard InChI is InChI=1S/C21H24N2O3/c22-11-4-3-8-17(13-24)23-21(25)26-14-16-7-5-10-19-18-9-2-1-6-15(18)12-20(16)19/h1-2,5-7,9-10,13,17H,3-4,8,11-12,14,22H2,(H,23,25)/t17-/m1/s1. The van der Waals surface area contributed by atoms with E-state index in [9.17, 15) is 9.59 Å². The maximum atomic E-state index is 12.0. The topological polar surface area (TPSA) is 81.4 Å². The molecule has 26 heavy (non-hydrogen) atoms. The van der Waals surface area contributed by atoms with Crippen molar-refractivity contribution in [2.24, 2.45) is 5.73 Å².